The average molecular weight is 446 g/mol. The van der Waals surface area contributed by atoms with Crippen LogP contribution in [-0.2, 0) is 27.4 Å². The van der Waals surface area contributed by atoms with Gasteiger partial charge >= 0.3 is 10.8 Å². The number of aromatic nitrogens is 2. The maximum Gasteiger partial charge on any atom is 0.349 e. The number of carbonyl (C=O) groups is 1. The lowest BCUT2D eigenvalue weighted by Crippen LogP contribution is -2.31. The Morgan fingerprint density at radius 3 is 2.66 bits per heavy atom. The Hall–Kier alpha value is -2.17. The Morgan fingerprint density at radius 1 is 1.28 bits per heavy atom. The molecule has 0 saturated carbocycles. The summed E-state index contributed by atoms with van der Waals surface area (Å²) in [6.45, 7) is 4.29. The molecule has 0 bridgehead atoms. The van der Waals surface area contributed by atoms with E-state index in [1.165, 1.54) is 20.1 Å². The molecular formula is C18H21ClFN3O5S. The highest BCUT2D eigenvalue weighted by atomic mass is 35.5. The molecule has 29 heavy (non-hydrogen) atoms. The van der Waals surface area contributed by atoms with Gasteiger partial charge in [-0.2, -0.15) is 0 Å². The SMILES string of the molecule is COC(C)OC(=O)C(C)Oc1cc(/N=c2/sc(=O)n3n2CCCC3)c(F)cc1Cl. The fourth-order valence-corrected chi connectivity index (χ4v) is 3.85. The topological polar surface area (TPSA) is 84.1 Å². The summed E-state index contributed by atoms with van der Waals surface area (Å²) in [5.41, 5.74) is -0.0436. The molecule has 1 aromatic carbocycles. The molecule has 2 unspecified atom stereocenters. The molecular weight excluding hydrogens is 425 g/mol. The van der Waals surface area contributed by atoms with Crippen molar-refractivity contribution in [2.75, 3.05) is 7.11 Å². The van der Waals surface area contributed by atoms with Crippen molar-refractivity contribution in [2.24, 2.45) is 4.99 Å². The molecule has 0 spiro atoms. The number of nitrogens with zero attached hydrogens (tertiary/aromatic N) is 3. The van der Waals surface area contributed by atoms with Gasteiger partial charge in [0.05, 0.1) is 5.02 Å². The van der Waals surface area contributed by atoms with E-state index in [-0.39, 0.29) is 21.3 Å². The average Bonchev–Trinajstić information content (AvgIpc) is 3.01. The first-order chi connectivity index (χ1) is 13.8. The predicted molar refractivity (Wildman–Crippen MR) is 105 cm³/mol. The summed E-state index contributed by atoms with van der Waals surface area (Å²) in [6, 6.07) is 2.35. The number of esters is 1. The van der Waals surface area contributed by atoms with Crippen molar-refractivity contribution >= 4 is 34.6 Å². The zero-order valence-corrected chi connectivity index (χ0v) is 17.8. The van der Waals surface area contributed by atoms with Crippen molar-refractivity contribution < 1.29 is 23.4 Å². The molecule has 2 atom stereocenters. The number of rotatable bonds is 6. The minimum atomic E-state index is -1.00. The largest absolute Gasteiger partial charge is 0.477 e. The fraction of sp³-hybridized carbons (Fsp3) is 0.500. The summed E-state index contributed by atoms with van der Waals surface area (Å²) in [5.74, 6) is -1.25. The summed E-state index contributed by atoms with van der Waals surface area (Å²) in [6.07, 6.45) is 0.0963. The lowest BCUT2D eigenvalue weighted by atomic mass is 10.3. The molecule has 0 N–H and O–H groups in total. The van der Waals surface area contributed by atoms with Gasteiger partial charge in [0.15, 0.2) is 18.2 Å². The van der Waals surface area contributed by atoms with Crippen LogP contribution in [0.4, 0.5) is 10.1 Å². The maximum atomic E-state index is 14.4. The third-order valence-corrected chi connectivity index (χ3v) is 5.52. The van der Waals surface area contributed by atoms with Gasteiger partial charge < -0.3 is 14.2 Å². The van der Waals surface area contributed by atoms with Crippen LogP contribution in [-0.4, -0.2) is 34.8 Å². The molecule has 2 heterocycles. The van der Waals surface area contributed by atoms with Gasteiger partial charge in [0.25, 0.3) is 0 Å². The highest BCUT2D eigenvalue weighted by Crippen LogP contribution is 2.32. The van der Waals surface area contributed by atoms with E-state index in [4.69, 9.17) is 25.8 Å². The van der Waals surface area contributed by atoms with Crippen molar-refractivity contribution in [2.45, 2.75) is 52.2 Å². The summed E-state index contributed by atoms with van der Waals surface area (Å²) < 4.78 is 33.2. The first kappa shape index (κ1) is 21.5. The minimum absolute atomic E-state index is 0.0133. The third-order valence-electron chi connectivity index (χ3n) is 4.36. The zero-order valence-electron chi connectivity index (χ0n) is 16.2. The van der Waals surface area contributed by atoms with Crippen molar-refractivity contribution in [3.63, 3.8) is 0 Å². The highest BCUT2D eigenvalue weighted by Gasteiger charge is 2.21. The standard InChI is InChI=1S/C18H21ClFN3O5S/c1-10(16(24)28-11(2)26-3)27-15-9-14(13(20)8-12(15)19)21-17-22-6-4-5-7-23(22)18(25)29-17/h8-11H,4-7H2,1-3H3/b21-17+. The summed E-state index contributed by atoms with van der Waals surface area (Å²) in [5, 5.41) is -0.0133. The number of hydrogen-bond acceptors (Lipinski definition) is 7. The van der Waals surface area contributed by atoms with E-state index in [2.05, 4.69) is 4.99 Å². The van der Waals surface area contributed by atoms with Gasteiger partial charge in [-0.25, -0.2) is 18.9 Å². The molecule has 1 aliphatic rings. The molecule has 0 fully saturated rings. The van der Waals surface area contributed by atoms with Gasteiger partial charge in [-0.3, -0.25) is 9.48 Å². The number of halogens is 2. The number of benzene rings is 1. The first-order valence-electron chi connectivity index (χ1n) is 9.04. The van der Waals surface area contributed by atoms with E-state index in [1.54, 1.807) is 16.3 Å². The van der Waals surface area contributed by atoms with Crippen molar-refractivity contribution in [3.05, 3.63) is 37.4 Å². The van der Waals surface area contributed by atoms with Gasteiger partial charge in [-0.15, -0.1) is 0 Å². The normalized spacial score (nSPS) is 16.2. The van der Waals surface area contributed by atoms with E-state index < -0.39 is 24.2 Å². The van der Waals surface area contributed by atoms with E-state index in [0.29, 0.717) is 17.9 Å². The second-order valence-electron chi connectivity index (χ2n) is 6.45. The molecule has 1 aromatic heterocycles. The summed E-state index contributed by atoms with van der Waals surface area (Å²) >= 11 is 7.01. The van der Waals surface area contributed by atoms with E-state index >= 15 is 0 Å². The number of carbonyl (C=O) groups excluding carboxylic acids is 1. The predicted octanol–water partition coefficient (Wildman–Crippen LogP) is 2.83. The lowest BCUT2D eigenvalue weighted by molar-refractivity contribution is -0.177. The number of hydrogen-bond donors (Lipinski definition) is 0. The van der Waals surface area contributed by atoms with Gasteiger partial charge in [0, 0.05) is 26.3 Å². The molecule has 8 nitrogen and oxygen atoms in total. The Labute approximate surface area is 175 Å². The quantitative estimate of drug-likeness (QED) is 0.504. The number of ether oxygens (including phenoxy) is 3. The van der Waals surface area contributed by atoms with E-state index in [9.17, 15) is 14.0 Å². The third kappa shape index (κ3) is 4.88. The first-order valence-corrected chi connectivity index (χ1v) is 10.2. The Kier molecular flexibility index (Phi) is 6.76. The molecule has 158 valence electrons. The van der Waals surface area contributed by atoms with Gasteiger partial charge in [-0.05, 0) is 44.1 Å². The van der Waals surface area contributed by atoms with Gasteiger partial charge in [0.1, 0.15) is 11.4 Å². The van der Waals surface area contributed by atoms with E-state index in [0.717, 1.165) is 30.2 Å². The van der Waals surface area contributed by atoms with Crippen molar-refractivity contribution in [1.29, 1.82) is 0 Å². The molecule has 0 saturated heterocycles. The van der Waals surface area contributed by atoms with Gasteiger partial charge in [0.2, 0.25) is 4.80 Å². The maximum absolute atomic E-state index is 14.4. The molecule has 11 heteroatoms. The van der Waals surface area contributed by atoms with Crippen molar-refractivity contribution in [1.82, 2.24) is 9.36 Å². The van der Waals surface area contributed by atoms with Crippen LogP contribution in [0.2, 0.25) is 5.02 Å². The van der Waals surface area contributed by atoms with Crippen molar-refractivity contribution in [3.8, 4) is 5.75 Å². The molecule has 1 aliphatic heterocycles. The molecule has 2 aromatic rings. The van der Waals surface area contributed by atoms with Crippen LogP contribution in [0.15, 0.2) is 21.9 Å². The molecule has 0 radical (unpaired) electrons. The minimum Gasteiger partial charge on any atom is -0.477 e. The van der Waals surface area contributed by atoms with Crippen LogP contribution in [0.3, 0.4) is 0 Å². The summed E-state index contributed by atoms with van der Waals surface area (Å²) in [7, 11) is 1.40. The smallest absolute Gasteiger partial charge is 0.349 e. The Bertz CT molecular complexity index is 1030. The molecule has 0 amide bonds. The number of methoxy groups -OCH3 is 1. The Morgan fingerprint density at radius 2 is 1.97 bits per heavy atom. The van der Waals surface area contributed by atoms with Crippen LogP contribution in [0, 0.1) is 5.82 Å². The molecule has 0 aliphatic carbocycles. The molecule has 3 rings (SSSR count). The van der Waals surface area contributed by atoms with E-state index in [1.807, 2.05) is 0 Å². The Balaban J connectivity index is 1.91. The highest BCUT2D eigenvalue weighted by molar-refractivity contribution is 7.06. The second-order valence-corrected chi connectivity index (χ2v) is 7.78. The lowest BCUT2D eigenvalue weighted by Gasteiger charge is -2.18. The van der Waals surface area contributed by atoms with Crippen LogP contribution in [0.1, 0.15) is 26.7 Å². The van der Waals surface area contributed by atoms with Crippen LogP contribution >= 0.6 is 22.9 Å². The van der Waals surface area contributed by atoms with Gasteiger partial charge in [-0.1, -0.05) is 11.6 Å². The second kappa shape index (κ2) is 9.10. The van der Waals surface area contributed by atoms with Crippen LogP contribution in [0.5, 0.6) is 5.75 Å². The zero-order chi connectivity index (χ0) is 21.1. The van der Waals surface area contributed by atoms with Crippen LogP contribution < -0.4 is 14.4 Å². The number of fused-ring (bicyclic) bond motifs is 1. The fourth-order valence-electron chi connectivity index (χ4n) is 2.76. The van der Waals surface area contributed by atoms with Crippen LogP contribution in [0.25, 0.3) is 0 Å². The summed E-state index contributed by atoms with van der Waals surface area (Å²) in [4.78, 5) is 28.7. The monoisotopic (exact) mass is 445 g/mol.